The van der Waals surface area contributed by atoms with Gasteiger partial charge in [0.25, 0.3) is 0 Å². The minimum Gasteiger partial charge on any atom is -0.326 e. The molecule has 176 valence electrons. The Labute approximate surface area is 197 Å². The van der Waals surface area contributed by atoms with Crippen molar-refractivity contribution in [3.8, 4) is 0 Å². The van der Waals surface area contributed by atoms with Gasteiger partial charge in [-0.3, -0.25) is 14.8 Å². The molecular weight excluding hydrogens is 430 g/mol. The second-order valence-corrected chi connectivity index (χ2v) is 11.9. The van der Waals surface area contributed by atoms with E-state index in [9.17, 15) is 9.00 Å². The standard InChI is InChI=1S/C27H35N3O2S/c28-33(32,23-13-11-20(12-14-23)19-30-15-1-2-16-30)17-5-10-26(31)29-27-24-8-3-6-21(24)18-22-7-4-9-25(22)27/h11-14,17-18H,1-10,15-16,19H2,(H2,28,32)(H,29,31). The van der Waals surface area contributed by atoms with Crippen LogP contribution in [0.3, 0.4) is 0 Å². The van der Waals surface area contributed by atoms with Crippen LogP contribution < -0.4 is 10.5 Å². The Balaban J connectivity index is 1.21. The average Bonchev–Trinajstić information content (AvgIpc) is 3.56. The maximum Gasteiger partial charge on any atom is 0.224 e. The van der Waals surface area contributed by atoms with Crippen LogP contribution in [0.4, 0.5) is 5.69 Å². The second kappa shape index (κ2) is 9.61. The molecule has 1 amide bonds. The van der Waals surface area contributed by atoms with Crippen LogP contribution in [-0.2, 0) is 46.7 Å². The molecule has 1 fully saturated rings. The summed E-state index contributed by atoms with van der Waals surface area (Å²) in [5.41, 5.74) is 7.79. The zero-order valence-corrected chi connectivity index (χ0v) is 20.2. The van der Waals surface area contributed by atoms with Gasteiger partial charge in [0.1, 0.15) is 0 Å². The summed E-state index contributed by atoms with van der Waals surface area (Å²) < 4.78 is 13.1. The lowest BCUT2D eigenvalue weighted by atomic mass is 9.98. The van der Waals surface area contributed by atoms with Gasteiger partial charge in [-0.2, -0.15) is 0 Å². The van der Waals surface area contributed by atoms with E-state index >= 15 is 0 Å². The van der Waals surface area contributed by atoms with Crippen molar-refractivity contribution < 1.29 is 9.00 Å². The molecule has 2 aromatic carbocycles. The molecule has 2 aromatic rings. The number of rotatable bonds is 7. The van der Waals surface area contributed by atoms with Crippen LogP contribution in [0.15, 0.2) is 35.2 Å². The topological polar surface area (TPSA) is 75.4 Å². The summed E-state index contributed by atoms with van der Waals surface area (Å²) in [6.07, 6.45) is 9.90. The average molecular weight is 466 g/mol. The molecule has 1 heterocycles. The van der Waals surface area contributed by atoms with Gasteiger partial charge in [-0.15, -0.1) is 0 Å². The summed E-state index contributed by atoms with van der Waals surface area (Å²) in [4.78, 5) is 15.8. The molecule has 0 saturated carbocycles. The number of nitrogens with two attached hydrogens (primary N) is 1. The molecule has 5 rings (SSSR count). The third-order valence-corrected chi connectivity index (χ3v) is 9.11. The maximum absolute atomic E-state index is 13.1. The number of benzene rings is 2. The lowest BCUT2D eigenvalue weighted by molar-refractivity contribution is -0.116. The quantitative estimate of drug-likeness (QED) is 0.607. The van der Waals surface area contributed by atoms with Gasteiger partial charge in [0.2, 0.25) is 5.91 Å². The largest absolute Gasteiger partial charge is 0.326 e. The highest BCUT2D eigenvalue weighted by molar-refractivity contribution is 7.99. The van der Waals surface area contributed by atoms with Gasteiger partial charge in [0, 0.05) is 23.5 Å². The highest BCUT2D eigenvalue weighted by Crippen LogP contribution is 2.38. The number of likely N-dealkylation sites (tertiary alicyclic amines) is 1. The number of aryl methyl sites for hydroxylation is 2. The predicted octanol–water partition coefficient (Wildman–Crippen LogP) is 4.00. The first kappa shape index (κ1) is 22.6. The highest BCUT2D eigenvalue weighted by Gasteiger charge is 2.24. The lowest BCUT2D eigenvalue weighted by Gasteiger charge is -2.16. The molecule has 0 aromatic heterocycles. The van der Waals surface area contributed by atoms with E-state index in [0.717, 1.165) is 51.0 Å². The molecule has 6 heteroatoms. The van der Waals surface area contributed by atoms with Crippen LogP contribution in [-0.4, -0.2) is 33.5 Å². The molecule has 0 bridgehead atoms. The summed E-state index contributed by atoms with van der Waals surface area (Å²) in [6, 6.07) is 10.2. The molecule has 5 nitrogen and oxygen atoms in total. The van der Waals surface area contributed by atoms with Crippen molar-refractivity contribution in [1.82, 2.24) is 4.90 Å². The third-order valence-electron chi connectivity index (χ3n) is 7.37. The van der Waals surface area contributed by atoms with E-state index in [1.807, 2.05) is 24.3 Å². The molecule has 1 aliphatic heterocycles. The first-order valence-corrected chi connectivity index (χ1v) is 14.1. The first-order chi connectivity index (χ1) is 16.0. The maximum atomic E-state index is 13.1. The number of hydrogen-bond acceptors (Lipinski definition) is 3. The molecule has 3 aliphatic rings. The summed E-state index contributed by atoms with van der Waals surface area (Å²) in [5, 5.41) is 11.0. The van der Waals surface area contributed by atoms with Gasteiger partial charge in [-0.25, -0.2) is 4.21 Å². The Morgan fingerprint density at radius 1 is 0.970 bits per heavy atom. The fourth-order valence-corrected chi connectivity index (χ4v) is 6.86. The zero-order valence-electron chi connectivity index (χ0n) is 19.4. The molecule has 33 heavy (non-hydrogen) atoms. The van der Waals surface area contributed by atoms with E-state index in [1.54, 1.807) is 5.37 Å². The van der Waals surface area contributed by atoms with Gasteiger partial charge >= 0.3 is 0 Å². The van der Waals surface area contributed by atoms with Crippen LogP contribution in [0.2, 0.25) is 0 Å². The van der Waals surface area contributed by atoms with Crippen LogP contribution in [0.1, 0.15) is 66.3 Å². The number of nitrogens with zero attached hydrogens (tertiary/aromatic N) is 1. The van der Waals surface area contributed by atoms with Crippen molar-refractivity contribution in [2.75, 3.05) is 18.4 Å². The summed E-state index contributed by atoms with van der Waals surface area (Å²) in [5.74, 6) is -0.0168. The van der Waals surface area contributed by atoms with Gasteiger partial charge in [-0.1, -0.05) is 18.2 Å². The van der Waals surface area contributed by atoms with Crippen LogP contribution >= 0.6 is 0 Å². The van der Waals surface area contributed by atoms with Crippen LogP contribution in [0, 0.1) is 0 Å². The fourth-order valence-electron chi connectivity index (χ4n) is 5.64. The first-order valence-electron chi connectivity index (χ1n) is 12.4. The van der Waals surface area contributed by atoms with E-state index in [1.165, 1.54) is 53.5 Å². The number of nitrogens with one attached hydrogen (secondary N) is 1. The SMILES string of the molecule is NS(=O)(=CCCC(=O)Nc1c2c(cc3c1CCC3)CCC2)c1ccc(CN2CCCC2)cc1. The van der Waals surface area contributed by atoms with Crippen LogP contribution in [0.25, 0.3) is 0 Å². The van der Waals surface area contributed by atoms with Crippen molar-refractivity contribution in [2.24, 2.45) is 5.14 Å². The van der Waals surface area contributed by atoms with Gasteiger partial charge < -0.3 is 5.32 Å². The van der Waals surface area contributed by atoms with Crippen molar-refractivity contribution in [1.29, 1.82) is 0 Å². The normalized spacial score (nSPS) is 19.2. The Morgan fingerprint density at radius 2 is 1.61 bits per heavy atom. The Hall–Kier alpha value is -2.15. The number of hydrogen-bond donors (Lipinski definition) is 2. The molecule has 1 saturated heterocycles. The monoisotopic (exact) mass is 465 g/mol. The fraction of sp³-hybridized carbons (Fsp3) is 0.481. The minimum atomic E-state index is -2.76. The highest BCUT2D eigenvalue weighted by atomic mass is 32.2. The predicted molar refractivity (Wildman–Crippen MR) is 136 cm³/mol. The van der Waals surface area contributed by atoms with Crippen molar-refractivity contribution in [3.05, 3.63) is 58.1 Å². The summed E-state index contributed by atoms with van der Waals surface area (Å²) >= 11 is 0. The lowest BCUT2D eigenvalue weighted by Crippen LogP contribution is -2.19. The van der Waals surface area contributed by atoms with E-state index in [2.05, 4.69) is 16.3 Å². The molecule has 2 aliphatic carbocycles. The Kier molecular flexibility index (Phi) is 6.59. The van der Waals surface area contributed by atoms with E-state index in [0.29, 0.717) is 17.7 Å². The number of carbonyl (C=O) groups is 1. The van der Waals surface area contributed by atoms with E-state index in [-0.39, 0.29) is 5.91 Å². The van der Waals surface area contributed by atoms with Crippen molar-refractivity contribution >= 4 is 26.7 Å². The Bertz CT molecular complexity index is 1120. The van der Waals surface area contributed by atoms with E-state index in [4.69, 9.17) is 5.14 Å². The van der Waals surface area contributed by atoms with Crippen LogP contribution in [0.5, 0.6) is 0 Å². The van der Waals surface area contributed by atoms with Crippen molar-refractivity contribution in [2.45, 2.75) is 75.6 Å². The second-order valence-electron chi connectivity index (χ2n) is 9.76. The minimum absolute atomic E-state index is 0.0168. The molecule has 0 spiro atoms. The third kappa shape index (κ3) is 5.03. The Morgan fingerprint density at radius 3 is 2.24 bits per heavy atom. The number of anilines is 1. The van der Waals surface area contributed by atoms with Gasteiger partial charge in [-0.05, 0) is 116 Å². The molecule has 1 unspecified atom stereocenters. The van der Waals surface area contributed by atoms with E-state index < -0.39 is 9.71 Å². The zero-order chi connectivity index (χ0) is 22.8. The summed E-state index contributed by atoms with van der Waals surface area (Å²) in [7, 11) is -2.76. The molecular formula is C27H35N3O2S. The number of fused-ring (bicyclic) bond motifs is 2. The molecule has 3 N–H and O–H groups in total. The number of carbonyl (C=O) groups excluding carboxylic acids is 1. The van der Waals surface area contributed by atoms with Gasteiger partial charge in [0.15, 0.2) is 0 Å². The summed E-state index contributed by atoms with van der Waals surface area (Å²) in [6.45, 7) is 3.24. The van der Waals surface area contributed by atoms with Gasteiger partial charge in [0.05, 0.1) is 9.71 Å². The van der Waals surface area contributed by atoms with Crippen molar-refractivity contribution in [3.63, 3.8) is 0 Å². The molecule has 1 atom stereocenters. The number of amides is 1. The molecule has 0 radical (unpaired) electrons. The smallest absolute Gasteiger partial charge is 0.224 e.